The van der Waals surface area contributed by atoms with Crippen LogP contribution in [0.1, 0.15) is 24.1 Å². The van der Waals surface area contributed by atoms with Crippen molar-refractivity contribution in [3.63, 3.8) is 0 Å². The lowest BCUT2D eigenvalue weighted by Crippen LogP contribution is -2.17. The van der Waals surface area contributed by atoms with Gasteiger partial charge in [0.25, 0.3) is 0 Å². The van der Waals surface area contributed by atoms with Crippen molar-refractivity contribution < 1.29 is 9.47 Å². The zero-order chi connectivity index (χ0) is 13.9. The number of hydrogen-bond acceptors (Lipinski definition) is 3. The molecule has 3 rings (SSSR count). The van der Waals surface area contributed by atoms with E-state index < -0.39 is 0 Å². The van der Waals surface area contributed by atoms with E-state index in [0.717, 1.165) is 23.1 Å². The van der Waals surface area contributed by atoms with Gasteiger partial charge >= 0.3 is 0 Å². The van der Waals surface area contributed by atoms with E-state index in [2.05, 4.69) is 18.3 Å². The molecule has 0 aromatic heterocycles. The van der Waals surface area contributed by atoms with Gasteiger partial charge in [0.05, 0.1) is 0 Å². The number of halogens is 1. The van der Waals surface area contributed by atoms with Crippen molar-refractivity contribution >= 4 is 11.6 Å². The van der Waals surface area contributed by atoms with Crippen LogP contribution in [-0.2, 0) is 6.54 Å². The van der Waals surface area contributed by atoms with Crippen molar-refractivity contribution in [2.24, 2.45) is 0 Å². The molecule has 0 bridgehead atoms. The molecule has 1 aliphatic heterocycles. The molecule has 2 aromatic carbocycles. The maximum absolute atomic E-state index is 5.90. The van der Waals surface area contributed by atoms with E-state index in [0.29, 0.717) is 6.79 Å². The van der Waals surface area contributed by atoms with Gasteiger partial charge in [-0.1, -0.05) is 29.8 Å². The molecule has 1 aliphatic rings. The lowest BCUT2D eigenvalue weighted by Gasteiger charge is -2.14. The van der Waals surface area contributed by atoms with Gasteiger partial charge in [0.15, 0.2) is 11.5 Å². The molecule has 1 heterocycles. The zero-order valence-corrected chi connectivity index (χ0v) is 12.0. The number of benzene rings is 2. The minimum absolute atomic E-state index is 0.262. The molecule has 0 aliphatic carbocycles. The second-order valence-electron chi connectivity index (χ2n) is 4.84. The topological polar surface area (TPSA) is 30.5 Å². The Kier molecular flexibility index (Phi) is 3.81. The summed E-state index contributed by atoms with van der Waals surface area (Å²) in [5.41, 5.74) is 2.39. The van der Waals surface area contributed by atoms with Crippen LogP contribution in [0.25, 0.3) is 0 Å². The highest BCUT2D eigenvalue weighted by Crippen LogP contribution is 2.32. The minimum Gasteiger partial charge on any atom is -0.454 e. The summed E-state index contributed by atoms with van der Waals surface area (Å²) in [4.78, 5) is 0. The summed E-state index contributed by atoms with van der Waals surface area (Å²) >= 11 is 5.90. The van der Waals surface area contributed by atoms with Gasteiger partial charge in [-0.3, -0.25) is 0 Å². The Morgan fingerprint density at radius 3 is 2.65 bits per heavy atom. The van der Waals surface area contributed by atoms with Crippen LogP contribution in [0.15, 0.2) is 42.5 Å². The summed E-state index contributed by atoms with van der Waals surface area (Å²) in [6, 6.07) is 14.2. The van der Waals surface area contributed by atoms with Crippen molar-refractivity contribution in [2.45, 2.75) is 19.5 Å². The largest absolute Gasteiger partial charge is 0.454 e. The number of nitrogens with one attached hydrogen (secondary N) is 1. The van der Waals surface area contributed by atoms with Gasteiger partial charge in [-0.25, -0.2) is 0 Å². The SMILES string of the molecule is C[C@@H](NCc1ccc2c(c1)OCO2)c1ccc(Cl)cc1. The molecule has 0 fully saturated rings. The van der Waals surface area contributed by atoms with Gasteiger partial charge < -0.3 is 14.8 Å². The summed E-state index contributed by atoms with van der Waals surface area (Å²) < 4.78 is 10.7. The Balaban J connectivity index is 1.63. The van der Waals surface area contributed by atoms with Crippen molar-refractivity contribution in [3.8, 4) is 11.5 Å². The number of rotatable bonds is 4. The second-order valence-corrected chi connectivity index (χ2v) is 5.28. The fourth-order valence-electron chi connectivity index (χ4n) is 2.19. The Labute approximate surface area is 123 Å². The predicted molar refractivity (Wildman–Crippen MR) is 79.3 cm³/mol. The molecule has 1 N–H and O–H groups in total. The standard InChI is InChI=1S/C16H16ClNO2/c1-11(13-3-5-14(17)6-4-13)18-9-12-2-7-15-16(8-12)20-10-19-15/h2-8,11,18H,9-10H2,1H3/t11-/m1/s1. The molecule has 0 spiro atoms. The third-order valence-corrected chi connectivity index (χ3v) is 3.67. The molecule has 1 atom stereocenters. The van der Waals surface area contributed by atoms with Crippen LogP contribution in [0, 0.1) is 0 Å². The third-order valence-electron chi connectivity index (χ3n) is 3.42. The fraction of sp³-hybridized carbons (Fsp3) is 0.250. The lowest BCUT2D eigenvalue weighted by molar-refractivity contribution is 0.174. The average molecular weight is 290 g/mol. The molecule has 2 aromatic rings. The summed E-state index contributed by atoms with van der Waals surface area (Å²) in [6.45, 7) is 3.23. The van der Waals surface area contributed by atoms with Crippen molar-refractivity contribution in [2.75, 3.05) is 6.79 Å². The Morgan fingerprint density at radius 2 is 1.85 bits per heavy atom. The number of ether oxygens (including phenoxy) is 2. The molecule has 3 nitrogen and oxygen atoms in total. The van der Waals surface area contributed by atoms with Crippen LogP contribution < -0.4 is 14.8 Å². The van der Waals surface area contributed by atoms with Crippen molar-refractivity contribution in [3.05, 3.63) is 58.6 Å². The van der Waals surface area contributed by atoms with E-state index in [9.17, 15) is 0 Å². The van der Waals surface area contributed by atoms with Crippen molar-refractivity contribution in [1.82, 2.24) is 5.32 Å². The van der Waals surface area contributed by atoms with E-state index in [1.807, 2.05) is 36.4 Å². The highest BCUT2D eigenvalue weighted by molar-refractivity contribution is 6.30. The molecule has 0 radical (unpaired) electrons. The molecular weight excluding hydrogens is 274 g/mol. The van der Waals surface area contributed by atoms with Gasteiger partial charge in [0.2, 0.25) is 6.79 Å². The molecule has 4 heteroatoms. The van der Waals surface area contributed by atoms with Crippen LogP contribution >= 0.6 is 11.6 Å². The quantitative estimate of drug-likeness (QED) is 0.925. The summed E-state index contributed by atoms with van der Waals surface area (Å²) in [6.07, 6.45) is 0. The normalized spacial score (nSPS) is 14.3. The maximum atomic E-state index is 5.90. The fourth-order valence-corrected chi connectivity index (χ4v) is 2.32. The maximum Gasteiger partial charge on any atom is 0.231 e. The molecular formula is C16H16ClNO2. The zero-order valence-electron chi connectivity index (χ0n) is 11.2. The molecule has 104 valence electrons. The first kappa shape index (κ1) is 13.3. The predicted octanol–water partition coefficient (Wildman–Crippen LogP) is 3.92. The van der Waals surface area contributed by atoms with Gasteiger partial charge in [0, 0.05) is 17.6 Å². The molecule has 20 heavy (non-hydrogen) atoms. The molecule has 0 saturated heterocycles. The molecule has 0 unspecified atom stereocenters. The summed E-state index contributed by atoms with van der Waals surface area (Å²) in [7, 11) is 0. The van der Waals surface area contributed by atoms with Gasteiger partial charge in [-0.05, 0) is 42.3 Å². The average Bonchev–Trinajstić information content (AvgIpc) is 2.93. The highest BCUT2D eigenvalue weighted by Gasteiger charge is 2.13. The monoisotopic (exact) mass is 289 g/mol. The van der Waals surface area contributed by atoms with Crippen LogP contribution in [-0.4, -0.2) is 6.79 Å². The van der Waals surface area contributed by atoms with E-state index in [-0.39, 0.29) is 6.04 Å². The van der Waals surface area contributed by atoms with E-state index >= 15 is 0 Å². The smallest absolute Gasteiger partial charge is 0.231 e. The third kappa shape index (κ3) is 2.89. The summed E-state index contributed by atoms with van der Waals surface area (Å²) in [5, 5.41) is 4.25. The Bertz CT molecular complexity index is 598. The van der Waals surface area contributed by atoms with E-state index in [1.54, 1.807) is 0 Å². The first-order chi connectivity index (χ1) is 9.72. The van der Waals surface area contributed by atoms with Gasteiger partial charge in [0.1, 0.15) is 0 Å². The second kappa shape index (κ2) is 5.73. The first-order valence-corrected chi connectivity index (χ1v) is 6.97. The Morgan fingerprint density at radius 1 is 1.10 bits per heavy atom. The van der Waals surface area contributed by atoms with Crippen LogP contribution in [0.5, 0.6) is 11.5 Å². The highest BCUT2D eigenvalue weighted by atomic mass is 35.5. The first-order valence-electron chi connectivity index (χ1n) is 6.60. The van der Waals surface area contributed by atoms with Crippen molar-refractivity contribution in [1.29, 1.82) is 0 Å². The van der Waals surface area contributed by atoms with Crippen LogP contribution in [0.3, 0.4) is 0 Å². The van der Waals surface area contributed by atoms with Crippen LogP contribution in [0.4, 0.5) is 0 Å². The molecule has 0 saturated carbocycles. The van der Waals surface area contributed by atoms with Gasteiger partial charge in [-0.2, -0.15) is 0 Å². The lowest BCUT2D eigenvalue weighted by atomic mass is 10.1. The van der Waals surface area contributed by atoms with Gasteiger partial charge in [-0.15, -0.1) is 0 Å². The Hall–Kier alpha value is -1.71. The number of hydrogen-bond donors (Lipinski definition) is 1. The minimum atomic E-state index is 0.262. The summed E-state index contributed by atoms with van der Waals surface area (Å²) in [5.74, 6) is 1.64. The molecule has 0 amide bonds. The van der Waals surface area contributed by atoms with Crippen LogP contribution in [0.2, 0.25) is 5.02 Å². The number of fused-ring (bicyclic) bond motifs is 1. The van der Waals surface area contributed by atoms with E-state index in [1.165, 1.54) is 11.1 Å². The van der Waals surface area contributed by atoms with E-state index in [4.69, 9.17) is 21.1 Å².